The van der Waals surface area contributed by atoms with Crippen molar-refractivity contribution in [3.63, 3.8) is 0 Å². The molecule has 0 aromatic carbocycles. The molecule has 1 unspecified atom stereocenters. The van der Waals surface area contributed by atoms with E-state index in [1.165, 1.54) is 0 Å². The molecule has 0 N–H and O–H groups in total. The van der Waals surface area contributed by atoms with Crippen LogP contribution in [0.15, 0.2) is 36.2 Å². The Morgan fingerprint density at radius 2 is 1.23 bits per heavy atom. The van der Waals surface area contributed by atoms with Gasteiger partial charge >= 0.3 is 0 Å². The quantitative estimate of drug-likeness (QED) is 0.307. The Kier molecular flexibility index (Phi) is 350. The second-order valence-electron chi connectivity index (χ2n) is 1.82. The zero-order valence-electron chi connectivity index (χ0n) is 16.0. The van der Waals surface area contributed by atoms with Crippen LogP contribution >= 0.6 is 33.0 Å². The van der Waals surface area contributed by atoms with Gasteiger partial charge in [-0.05, 0) is 0 Å². The normalized spacial score (nSPS) is 6.18. The largest absolute Gasteiger partial charge is 0.358 e. The van der Waals surface area contributed by atoms with Crippen molar-refractivity contribution in [2.75, 3.05) is 0 Å². The topological polar surface area (TPSA) is 0 Å². The van der Waals surface area contributed by atoms with E-state index in [1.54, 1.807) is 0 Å². The summed E-state index contributed by atoms with van der Waals surface area (Å²) in [6.07, 6.45) is 10.0. The van der Waals surface area contributed by atoms with E-state index in [1.807, 2.05) is 24.3 Å². The first kappa shape index (κ1) is 94.1. The summed E-state index contributed by atoms with van der Waals surface area (Å²) in [5, 5.41) is 0. The fraction of sp³-hybridized carbons (Fsp3) is 0.0556. The summed E-state index contributed by atoms with van der Waals surface area (Å²) in [4.78, 5) is 0. The van der Waals surface area contributed by atoms with Crippen LogP contribution < -0.4 is 0 Å². The van der Waals surface area contributed by atoms with Crippen molar-refractivity contribution in [2.24, 2.45) is 0 Å². The van der Waals surface area contributed by atoms with E-state index < -0.39 is 0 Å². The van der Waals surface area contributed by atoms with Gasteiger partial charge in [-0.2, -0.15) is 23.7 Å². The minimum Gasteiger partial charge on any atom is -0.358 e. The van der Waals surface area contributed by atoms with E-state index >= 15 is 0 Å². The summed E-state index contributed by atoms with van der Waals surface area (Å²) in [6, 6.07) is 3.96. The van der Waals surface area contributed by atoms with Gasteiger partial charge < -0.3 is 66.8 Å². The zero-order chi connectivity index (χ0) is 7.07. The van der Waals surface area contributed by atoms with E-state index in [2.05, 4.69) is 23.7 Å². The van der Waals surface area contributed by atoms with Gasteiger partial charge in [0, 0.05) is 21.7 Å². The zero-order valence-corrected chi connectivity index (χ0v) is 20.2. The third kappa shape index (κ3) is 70.6. The maximum Gasteiger partial charge on any atom is 0 e. The minimum atomic E-state index is 0. The molecule has 1 aromatic rings. The number of allylic oxidation sites excluding steroid dienone is 4. The van der Waals surface area contributed by atoms with E-state index in [-0.39, 0.29) is 113 Å². The molecule has 2 rings (SSSR count). The maximum absolute atomic E-state index is 3.01. The van der Waals surface area contributed by atoms with Crippen molar-refractivity contribution < 1.29 is 21.7 Å². The first-order chi connectivity index (χ1) is 5.00. The molecular weight excluding hydrogens is 366 g/mol. The van der Waals surface area contributed by atoms with Crippen LogP contribution in [0.5, 0.6) is 0 Å². The van der Waals surface area contributed by atoms with E-state index in [0.717, 1.165) is 14.6 Å². The Labute approximate surface area is 175 Å². The minimum absolute atomic E-state index is 0. The van der Waals surface area contributed by atoms with E-state index in [9.17, 15) is 0 Å². The van der Waals surface area contributed by atoms with Crippen LogP contribution in [0, 0.1) is 78.7 Å². The van der Waals surface area contributed by atoms with Crippen molar-refractivity contribution in [1.29, 1.82) is 0 Å². The van der Waals surface area contributed by atoms with Gasteiger partial charge in [-0.25, -0.2) is 18.2 Å². The van der Waals surface area contributed by atoms with Crippen molar-refractivity contribution in [2.45, 2.75) is 6.42 Å². The Morgan fingerprint density at radius 1 is 0.773 bits per heavy atom. The summed E-state index contributed by atoms with van der Waals surface area (Å²) >= 11 is 0. The van der Waals surface area contributed by atoms with Crippen LogP contribution in [0.25, 0.3) is 0 Å². The number of rotatable bonds is 0. The second-order valence-corrected chi connectivity index (χ2v) is 2.73. The average Bonchev–Trinajstić information content (AvgIpc) is 2.67. The van der Waals surface area contributed by atoms with Crippen molar-refractivity contribution >= 4 is 33.0 Å². The summed E-state index contributed by atoms with van der Waals surface area (Å²) in [6.45, 7) is 0. The van der Waals surface area contributed by atoms with Crippen LogP contribution in [0.3, 0.4) is 0 Å². The summed E-state index contributed by atoms with van der Waals surface area (Å²) in [5.41, 5.74) is 0. The SMILES string of the molecule is Cl.Cl.[C-]1=CC=CC1.[CH3-].[CH3-].[CH3-].[CH3-].[CH3-].[CH3-].[CH3-].[CH3-].[CH3-].[Ti].[c-]1ccc[pH]1. The van der Waals surface area contributed by atoms with Crippen molar-refractivity contribution in [3.05, 3.63) is 115 Å². The molecule has 0 saturated heterocycles. The molecule has 22 heavy (non-hydrogen) atoms. The fourth-order valence-electron chi connectivity index (χ4n) is 0.581. The second kappa shape index (κ2) is 81.7. The molecule has 1 aromatic heterocycles. The first-order valence-electron chi connectivity index (χ1n) is 3.21. The fourth-order valence-corrected chi connectivity index (χ4v) is 1.06. The van der Waals surface area contributed by atoms with Crippen LogP contribution in [-0.2, 0) is 21.7 Å². The summed E-state index contributed by atoms with van der Waals surface area (Å²) in [5.74, 6) is 5.11. The third-order valence-corrected chi connectivity index (χ3v) is 1.72. The van der Waals surface area contributed by atoms with Gasteiger partial charge in [0.2, 0.25) is 0 Å². The molecule has 1 aliphatic rings. The molecule has 0 saturated carbocycles. The van der Waals surface area contributed by atoms with Gasteiger partial charge in [-0.3, -0.25) is 14.3 Å². The number of hydrogen-bond donors (Lipinski definition) is 0. The van der Waals surface area contributed by atoms with E-state index in [4.69, 9.17) is 0 Å². The molecule has 0 radical (unpaired) electrons. The predicted molar refractivity (Wildman–Crippen MR) is 119 cm³/mol. The van der Waals surface area contributed by atoms with Crippen molar-refractivity contribution in [1.82, 2.24) is 0 Å². The molecule has 0 aliphatic heterocycles. The molecular formula is C18H38Cl2PTi-11. The van der Waals surface area contributed by atoms with Crippen LogP contribution in [0.2, 0.25) is 0 Å². The molecule has 4 heteroatoms. The van der Waals surface area contributed by atoms with Gasteiger partial charge in [0.15, 0.2) is 0 Å². The smallest absolute Gasteiger partial charge is 0 e. The molecule has 0 spiro atoms. The first-order valence-corrected chi connectivity index (χ1v) is 4.29. The molecule has 0 nitrogen and oxygen atoms in total. The molecule has 0 bridgehead atoms. The van der Waals surface area contributed by atoms with Crippen LogP contribution in [0.4, 0.5) is 0 Å². The Balaban J connectivity index is -0.00000000588. The maximum atomic E-state index is 3.01. The molecule has 1 heterocycles. The Morgan fingerprint density at radius 3 is 1.32 bits per heavy atom. The van der Waals surface area contributed by atoms with Gasteiger partial charge in [0.05, 0.1) is 0 Å². The standard InChI is InChI=1S/C5H5.C4H4P.9CH3.2ClH.Ti/c2*1-2-4-5-3-1;;;;;;;;;;;;/h1-3H,4H2;1-3,5H;9*1H3;2*1H;/q11*-1;;;. The number of halogens is 2. The Hall–Kier alpha value is 0.554. The molecule has 1 atom stereocenters. The van der Waals surface area contributed by atoms with Gasteiger partial charge in [0.1, 0.15) is 0 Å². The molecule has 144 valence electrons. The molecule has 0 amide bonds. The monoisotopic (exact) mass is 403 g/mol. The van der Waals surface area contributed by atoms with Gasteiger partial charge in [-0.1, -0.05) is 0 Å². The number of hydrogen-bond acceptors (Lipinski definition) is 0. The van der Waals surface area contributed by atoms with E-state index in [0.29, 0.717) is 0 Å². The summed E-state index contributed by atoms with van der Waals surface area (Å²) in [7, 11) is 0.823. The summed E-state index contributed by atoms with van der Waals surface area (Å²) < 4.78 is 0. The third-order valence-electron chi connectivity index (χ3n) is 1.03. The van der Waals surface area contributed by atoms with Crippen LogP contribution in [-0.4, -0.2) is 0 Å². The average molecular weight is 404 g/mol. The molecule has 1 aliphatic carbocycles. The predicted octanol–water partition coefficient (Wildman–Crippen LogP) is 7.72. The van der Waals surface area contributed by atoms with Gasteiger partial charge in [-0.15, -0.1) is 31.2 Å². The van der Waals surface area contributed by atoms with Crippen molar-refractivity contribution in [3.8, 4) is 0 Å². The van der Waals surface area contributed by atoms with Crippen LogP contribution in [0.1, 0.15) is 6.42 Å². The molecule has 0 fully saturated rings. The van der Waals surface area contributed by atoms with Gasteiger partial charge in [0.25, 0.3) is 0 Å². The Bertz CT molecular complexity index is 184.